The lowest BCUT2D eigenvalue weighted by atomic mass is 10.1. The Bertz CT molecular complexity index is 379. The highest BCUT2D eigenvalue weighted by Crippen LogP contribution is 2.19. The summed E-state index contributed by atoms with van der Waals surface area (Å²) in [6.07, 6.45) is 2.92. The third kappa shape index (κ3) is 3.66. The molecule has 0 radical (unpaired) electrons. The van der Waals surface area contributed by atoms with Crippen LogP contribution >= 0.6 is 0 Å². The van der Waals surface area contributed by atoms with Gasteiger partial charge in [0, 0.05) is 39.3 Å². The van der Waals surface area contributed by atoms with Gasteiger partial charge in [-0.2, -0.15) is 17.0 Å². The molecule has 1 N–H and O–H groups in total. The molecule has 7 heteroatoms. The number of nitrogens with one attached hydrogen (secondary N) is 1. The molecule has 0 aromatic heterocycles. The van der Waals surface area contributed by atoms with Crippen molar-refractivity contribution in [2.45, 2.75) is 25.3 Å². The van der Waals surface area contributed by atoms with Crippen LogP contribution in [0.5, 0.6) is 0 Å². The molecule has 2 aliphatic heterocycles. The second kappa shape index (κ2) is 6.49. The number of rotatable bonds is 3. The number of likely N-dealkylation sites (N-methyl/N-ethyl adjacent to an activating group) is 2. The molecule has 112 valence electrons. The van der Waals surface area contributed by atoms with E-state index in [-0.39, 0.29) is 6.04 Å². The van der Waals surface area contributed by atoms with Crippen LogP contribution in [0.15, 0.2) is 0 Å². The predicted molar refractivity (Wildman–Crippen MR) is 76.3 cm³/mol. The van der Waals surface area contributed by atoms with Gasteiger partial charge in [-0.3, -0.25) is 0 Å². The summed E-state index contributed by atoms with van der Waals surface area (Å²) in [6, 6.07) is 0.111. The first-order chi connectivity index (χ1) is 9.01. The second-order valence-electron chi connectivity index (χ2n) is 5.58. The first-order valence-corrected chi connectivity index (χ1v) is 8.54. The highest BCUT2D eigenvalue weighted by Gasteiger charge is 2.33. The maximum Gasteiger partial charge on any atom is 0.282 e. The van der Waals surface area contributed by atoms with Crippen LogP contribution in [-0.2, 0) is 10.2 Å². The number of hydrogen-bond donors (Lipinski definition) is 1. The molecular weight excluding hydrogens is 264 g/mol. The van der Waals surface area contributed by atoms with Gasteiger partial charge >= 0.3 is 0 Å². The molecule has 0 saturated carbocycles. The molecule has 1 atom stereocenters. The topological polar surface area (TPSA) is 55.9 Å². The van der Waals surface area contributed by atoms with Crippen LogP contribution in [0.3, 0.4) is 0 Å². The van der Waals surface area contributed by atoms with Gasteiger partial charge in [0.15, 0.2) is 0 Å². The fraction of sp³-hybridized carbons (Fsp3) is 1.00. The minimum Gasteiger partial charge on any atom is -0.315 e. The van der Waals surface area contributed by atoms with Gasteiger partial charge in [0.05, 0.1) is 0 Å². The predicted octanol–water partition coefficient (Wildman–Crippen LogP) is -0.447. The normalized spacial score (nSPS) is 28.5. The molecule has 0 bridgehead atoms. The van der Waals surface area contributed by atoms with E-state index in [1.54, 1.807) is 15.7 Å². The summed E-state index contributed by atoms with van der Waals surface area (Å²) in [6.45, 7) is 4.76. The van der Waals surface area contributed by atoms with Gasteiger partial charge in [0.2, 0.25) is 0 Å². The van der Waals surface area contributed by atoms with E-state index in [9.17, 15) is 8.42 Å². The van der Waals surface area contributed by atoms with Crippen molar-refractivity contribution < 1.29 is 8.42 Å². The first kappa shape index (κ1) is 15.2. The molecule has 2 saturated heterocycles. The zero-order valence-corrected chi connectivity index (χ0v) is 12.8. The van der Waals surface area contributed by atoms with Crippen LogP contribution in [0, 0.1) is 0 Å². The average molecular weight is 290 g/mol. The van der Waals surface area contributed by atoms with Crippen molar-refractivity contribution >= 4 is 10.2 Å². The van der Waals surface area contributed by atoms with Crippen LogP contribution < -0.4 is 5.32 Å². The Labute approximate surface area is 116 Å². The van der Waals surface area contributed by atoms with Crippen molar-refractivity contribution in [2.24, 2.45) is 0 Å². The Hall–Kier alpha value is -0.210. The zero-order chi connectivity index (χ0) is 13.9. The van der Waals surface area contributed by atoms with Gasteiger partial charge in [-0.1, -0.05) is 0 Å². The molecule has 0 amide bonds. The highest BCUT2D eigenvalue weighted by atomic mass is 32.2. The number of hydrogen-bond acceptors (Lipinski definition) is 4. The Balaban J connectivity index is 2.04. The Morgan fingerprint density at radius 1 is 1.16 bits per heavy atom. The summed E-state index contributed by atoms with van der Waals surface area (Å²) in [7, 11) is 0.483. The largest absolute Gasteiger partial charge is 0.315 e. The molecule has 2 rings (SSSR count). The summed E-state index contributed by atoms with van der Waals surface area (Å²) < 4.78 is 28.5. The molecule has 0 aromatic rings. The molecule has 2 aliphatic rings. The van der Waals surface area contributed by atoms with Crippen LogP contribution in [0.4, 0.5) is 0 Å². The molecule has 2 heterocycles. The molecule has 19 heavy (non-hydrogen) atoms. The number of nitrogens with zero attached hydrogens (tertiary/aromatic N) is 3. The molecule has 0 aliphatic carbocycles. The van der Waals surface area contributed by atoms with Crippen molar-refractivity contribution in [3.8, 4) is 0 Å². The summed E-state index contributed by atoms with van der Waals surface area (Å²) in [5.41, 5.74) is 0. The molecule has 0 aromatic carbocycles. The van der Waals surface area contributed by atoms with Gasteiger partial charge < -0.3 is 10.2 Å². The van der Waals surface area contributed by atoms with Crippen molar-refractivity contribution in [2.75, 3.05) is 53.4 Å². The molecule has 2 fully saturated rings. The van der Waals surface area contributed by atoms with Gasteiger partial charge in [0.1, 0.15) is 0 Å². The van der Waals surface area contributed by atoms with Gasteiger partial charge in [-0.15, -0.1) is 0 Å². The van der Waals surface area contributed by atoms with Crippen LogP contribution in [0.1, 0.15) is 19.3 Å². The minimum absolute atomic E-state index is 0.111. The maximum atomic E-state index is 12.6. The minimum atomic E-state index is -3.31. The fourth-order valence-corrected chi connectivity index (χ4v) is 4.45. The van der Waals surface area contributed by atoms with E-state index in [0.29, 0.717) is 13.1 Å². The van der Waals surface area contributed by atoms with Crippen molar-refractivity contribution in [3.05, 3.63) is 0 Å². The number of piperidine rings is 1. The lowest BCUT2D eigenvalue weighted by molar-refractivity contribution is 0.181. The molecule has 0 spiro atoms. The van der Waals surface area contributed by atoms with Gasteiger partial charge in [0.25, 0.3) is 10.2 Å². The monoisotopic (exact) mass is 290 g/mol. The smallest absolute Gasteiger partial charge is 0.282 e. The SMILES string of the molecule is CN1CCCC(N(C)S(=O)(=O)N2CCCNCC2)C1. The quantitative estimate of drug-likeness (QED) is 0.765. The van der Waals surface area contributed by atoms with E-state index in [1.807, 2.05) is 0 Å². The number of likely N-dealkylation sites (tertiary alicyclic amines) is 1. The van der Waals surface area contributed by atoms with E-state index in [2.05, 4.69) is 17.3 Å². The first-order valence-electron chi connectivity index (χ1n) is 7.14. The van der Waals surface area contributed by atoms with Crippen molar-refractivity contribution in [3.63, 3.8) is 0 Å². The fourth-order valence-electron chi connectivity index (χ4n) is 2.86. The van der Waals surface area contributed by atoms with Gasteiger partial charge in [-0.25, -0.2) is 0 Å². The second-order valence-corrected chi connectivity index (χ2v) is 7.57. The summed E-state index contributed by atoms with van der Waals surface area (Å²) >= 11 is 0. The Kier molecular flexibility index (Phi) is 5.19. The molecule has 1 unspecified atom stereocenters. The van der Waals surface area contributed by atoms with Crippen LogP contribution in [0.2, 0.25) is 0 Å². The van der Waals surface area contributed by atoms with Crippen molar-refractivity contribution in [1.29, 1.82) is 0 Å². The van der Waals surface area contributed by atoms with Crippen LogP contribution in [-0.4, -0.2) is 81.3 Å². The third-order valence-electron chi connectivity index (χ3n) is 4.10. The van der Waals surface area contributed by atoms with Crippen LogP contribution in [0.25, 0.3) is 0 Å². The lowest BCUT2D eigenvalue weighted by Crippen LogP contribution is -2.52. The summed E-state index contributed by atoms with van der Waals surface area (Å²) in [5, 5.41) is 3.24. The van der Waals surface area contributed by atoms with Gasteiger partial charge in [-0.05, 0) is 39.4 Å². The zero-order valence-electron chi connectivity index (χ0n) is 12.0. The third-order valence-corrected chi connectivity index (χ3v) is 6.15. The Morgan fingerprint density at radius 2 is 1.95 bits per heavy atom. The molecule has 6 nitrogen and oxygen atoms in total. The van der Waals surface area contributed by atoms with E-state index in [4.69, 9.17) is 0 Å². The summed E-state index contributed by atoms with van der Waals surface area (Å²) in [4.78, 5) is 2.21. The summed E-state index contributed by atoms with van der Waals surface area (Å²) in [5.74, 6) is 0. The van der Waals surface area contributed by atoms with E-state index in [1.165, 1.54) is 0 Å². The van der Waals surface area contributed by atoms with E-state index >= 15 is 0 Å². The average Bonchev–Trinajstić information content (AvgIpc) is 2.67. The standard InChI is InChI=1S/C12H26N4O2S/c1-14-8-3-5-12(11-14)15(2)19(17,18)16-9-4-6-13-7-10-16/h12-13H,3-11H2,1-2H3. The maximum absolute atomic E-state index is 12.6. The highest BCUT2D eigenvalue weighted by molar-refractivity contribution is 7.86. The lowest BCUT2D eigenvalue weighted by Gasteiger charge is -2.37. The molecular formula is C12H26N4O2S. The van der Waals surface area contributed by atoms with E-state index < -0.39 is 10.2 Å². The Morgan fingerprint density at radius 3 is 2.68 bits per heavy atom. The van der Waals surface area contributed by atoms with Crippen molar-refractivity contribution in [1.82, 2.24) is 18.8 Å². The van der Waals surface area contributed by atoms with E-state index in [0.717, 1.165) is 45.4 Å².